The first-order valence-corrected chi connectivity index (χ1v) is 8.06. The maximum Gasteiger partial charge on any atom is 0.416 e. The van der Waals surface area contributed by atoms with Crippen molar-refractivity contribution in [3.8, 4) is 5.75 Å². The second-order valence-electron chi connectivity index (χ2n) is 4.55. The van der Waals surface area contributed by atoms with E-state index in [0.29, 0.717) is 12.2 Å². The number of thioether (sulfide) groups is 1. The van der Waals surface area contributed by atoms with Crippen molar-refractivity contribution < 1.29 is 22.7 Å². The summed E-state index contributed by atoms with van der Waals surface area (Å²) >= 11 is 1.61. The Morgan fingerprint density at radius 1 is 1.35 bits per heavy atom. The number of carbonyl (C=O) groups is 1. The van der Waals surface area contributed by atoms with E-state index in [1.165, 1.54) is 12.1 Å². The van der Waals surface area contributed by atoms with E-state index in [1.807, 2.05) is 6.26 Å². The highest BCUT2D eigenvalue weighted by molar-refractivity contribution is 7.98. The molecule has 0 aliphatic carbocycles. The third kappa shape index (κ3) is 8.34. The number of benzene rings is 1. The Kier molecular flexibility index (Phi) is 10.1. The maximum atomic E-state index is 12.4. The molecule has 1 atom stereocenters. The summed E-state index contributed by atoms with van der Waals surface area (Å²) in [6.07, 6.45) is -1.84. The lowest BCUT2D eigenvalue weighted by atomic mass is 10.2. The van der Waals surface area contributed by atoms with Crippen LogP contribution < -0.4 is 15.8 Å². The van der Waals surface area contributed by atoms with Crippen molar-refractivity contribution in [2.75, 3.05) is 25.2 Å². The SMILES string of the molecule is CSCC[C@H](N)C(=O)NCCOc1ccc(C(F)(F)F)cc1.Cl. The van der Waals surface area contributed by atoms with Crippen molar-refractivity contribution in [2.45, 2.75) is 18.6 Å². The number of carbonyl (C=O) groups excluding carboxylic acids is 1. The predicted molar refractivity (Wildman–Crippen MR) is 88.2 cm³/mol. The summed E-state index contributed by atoms with van der Waals surface area (Å²) in [5, 5.41) is 2.62. The molecule has 1 aromatic rings. The van der Waals surface area contributed by atoms with Crippen LogP contribution in [-0.2, 0) is 11.0 Å². The number of nitrogens with two attached hydrogens (primary N) is 1. The summed E-state index contributed by atoms with van der Waals surface area (Å²) in [5.74, 6) is 0.857. The van der Waals surface area contributed by atoms with Gasteiger partial charge in [0.25, 0.3) is 0 Å². The molecular formula is C14H20ClF3N2O2S. The van der Waals surface area contributed by atoms with Gasteiger partial charge in [-0.1, -0.05) is 0 Å². The largest absolute Gasteiger partial charge is 0.492 e. The molecule has 23 heavy (non-hydrogen) atoms. The zero-order valence-electron chi connectivity index (χ0n) is 12.6. The van der Waals surface area contributed by atoms with Crippen LogP contribution in [0.2, 0.25) is 0 Å². The monoisotopic (exact) mass is 372 g/mol. The van der Waals surface area contributed by atoms with Crippen molar-refractivity contribution >= 4 is 30.1 Å². The van der Waals surface area contributed by atoms with E-state index in [9.17, 15) is 18.0 Å². The summed E-state index contributed by atoms with van der Waals surface area (Å²) in [7, 11) is 0. The van der Waals surface area contributed by atoms with Crippen LogP contribution in [0.3, 0.4) is 0 Å². The van der Waals surface area contributed by atoms with Gasteiger partial charge >= 0.3 is 6.18 Å². The summed E-state index contributed by atoms with van der Waals surface area (Å²) < 4.78 is 42.4. The number of rotatable bonds is 8. The second kappa shape index (κ2) is 10.6. The molecule has 1 aromatic carbocycles. The molecule has 0 bridgehead atoms. The van der Waals surface area contributed by atoms with Crippen LogP contribution >= 0.6 is 24.2 Å². The molecule has 3 N–H and O–H groups in total. The van der Waals surface area contributed by atoms with Crippen molar-refractivity contribution in [2.24, 2.45) is 5.73 Å². The highest BCUT2D eigenvalue weighted by Gasteiger charge is 2.29. The fraction of sp³-hybridized carbons (Fsp3) is 0.500. The minimum Gasteiger partial charge on any atom is -0.492 e. The lowest BCUT2D eigenvalue weighted by Gasteiger charge is -2.12. The summed E-state index contributed by atoms with van der Waals surface area (Å²) in [4.78, 5) is 11.6. The Bertz CT molecular complexity index is 472. The number of hydrogen-bond donors (Lipinski definition) is 2. The number of nitrogens with one attached hydrogen (secondary N) is 1. The molecule has 0 aromatic heterocycles. The van der Waals surface area contributed by atoms with E-state index in [4.69, 9.17) is 10.5 Å². The lowest BCUT2D eigenvalue weighted by molar-refractivity contribution is -0.137. The van der Waals surface area contributed by atoms with Gasteiger partial charge in [-0.25, -0.2) is 0 Å². The van der Waals surface area contributed by atoms with Gasteiger partial charge < -0.3 is 15.8 Å². The van der Waals surface area contributed by atoms with E-state index in [-0.39, 0.29) is 31.5 Å². The van der Waals surface area contributed by atoms with Gasteiger partial charge in [0.15, 0.2) is 0 Å². The molecule has 132 valence electrons. The first kappa shape index (κ1) is 21.9. The van der Waals surface area contributed by atoms with Crippen molar-refractivity contribution in [3.05, 3.63) is 29.8 Å². The average Bonchev–Trinajstić information content (AvgIpc) is 2.48. The Hall–Kier alpha value is -1.12. The second-order valence-corrected chi connectivity index (χ2v) is 5.54. The molecule has 1 amide bonds. The Morgan fingerprint density at radius 2 is 1.96 bits per heavy atom. The number of hydrogen-bond acceptors (Lipinski definition) is 4. The highest BCUT2D eigenvalue weighted by Crippen LogP contribution is 2.30. The normalized spacial score (nSPS) is 12.2. The Balaban J connectivity index is 0.00000484. The van der Waals surface area contributed by atoms with Gasteiger partial charge in [0.05, 0.1) is 18.2 Å². The number of amides is 1. The number of ether oxygens (including phenoxy) is 1. The van der Waals surface area contributed by atoms with E-state index >= 15 is 0 Å². The predicted octanol–water partition coefficient (Wildman–Crippen LogP) is 2.70. The van der Waals surface area contributed by atoms with Gasteiger partial charge in [0.1, 0.15) is 12.4 Å². The molecule has 9 heteroatoms. The van der Waals surface area contributed by atoms with Crippen LogP contribution in [0.1, 0.15) is 12.0 Å². The Labute approximate surface area is 143 Å². The van der Waals surface area contributed by atoms with Crippen LogP contribution in [0.25, 0.3) is 0 Å². The third-order valence-electron chi connectivity index (χ3n) is 2.82. The standard InChI is InChI=1S/C14H19F3N2O2S.ClH/c1-22-9-6-12(18)13(20)19-7-8-21-11-4-2-10(3-5-11)14(15,16)17;/h2-5,12H,6-9,18H2,1H3,(H,19,20);1H/t12-;/m0./s1. The molecule has 0 fully saturated rings. The lowest BCUT2D eigenvalue weighted by Crippen LogP contribution is -2.42. The van der Waals surface area contributed by atoms with Crippen LogP contribution in [0, 0.1) is 0 Å². The van der Waals surface area contributed by atoms with Crippen LogP contribution in [0.5, 0.6) is 5.75 Å². The van der Waals surface area contributed by atoms with E-state index < -0.39 is 17.8 Å². The first-order valence-electron chi connectivity index (χ1n) is 6.67. The van der Waals surface area contributed by atoms with Crippen molar-refractivity contribution in [1.29, 1.82) is 0 Å². The molecule has 1 rings (SSSR count). The molecule has 0 aliphatic heterocycles. The van der Waals surface area contributed by atoms with E-state index in [0.717, 1.165) is 17.9 Å². The summed E-state index contributed by atoms with van der Waals surface area (Å²) in [6, 6.07) is 3.83. The molecule has 0 unspecified atom stereocenters. The molecule has 0 spiro atoms. The average molecular weight is 373 g/mol. The third-order valence-corrected chi connectivity index (χ3v) is 3.47. The highest BCUT2D eigenvalue weighted by atomic mass is 35.5. The Morgan fingerprint density at radius 3 is 2.48 bits per heavy atom. The molecule has 4 nitrogen and oxygen atoms in total. The molecule has 0 saturated heterocycles. The van der Waals surface area contributed by atoms with Crippen LogP contribution in [0.4, 0.5) is 13.2 Å². The van der Waals surface area contributed by atoms with E-state index in [1.54, 1.807) is 11.8 Å². The molecular weight excluding hydrogens is 353 g/mol. The zero-order chi connectivity index (χ0) is 16.6. The molecule has 0 heterocycles. The smallest absolute Gasteiger partial charge is 0.416 e. The minimum atomic E-state index is -4.36. The minimum absolute atomic E-state index is 0. The fourth-order valence-corrected chi connectivity index (χ4v) is 2.08. The summed E-state index contributed by atoms with van der Waals surface area (Å²) in [5.41, 5.74) is 4.95. The molecule has 0 saturated carbocycles. The maximum absolute atomic E-state index is 12.4. The van der Waals surface area contributed by atoms with Gasteiger partial charge in [-0.15, -0.1) is 12.4 Å². The fourth-order valence-electron chi connectivity index (χ4n) is 1.59. The van der Waals surface area contributed by atoms with Gasteiger partial charge in [-0.3, -0.25) is 4.79 Å². The topological polar surface area (TPSA) is 64.4 Å². The van der Waals surface area contributed by atoms with Gasteiger partial charge in [-0.2, -0.15) is 24.9 Å². The number of alkyl halides is 3. The van der Waals surface area contributed by atoms with Crippen molar-refractivity contribution in [3.63, 3.8) is 0 Å². The van der Waals surface area contributed by atoms with Crippen LogP contribution in [-0.4, -0.2) is 37.1 Å². The van der Waals surface area contributed by atoms with Gasteiger partial charge in [0, 0.05) is 0 Å². The molecule has 0 radical (unpaired) electrons. The van der Waals surface area contributed by atoms with E-state index in [2.05, 4.69) is 5.32 Å². The van der Waals surface area contributed by atoms with Gasteiger partial charge in [-0.05, 0) is 42.7 Å². The summed E-state index contributed by atoms with van der Waals surface area (Å²) in [6.45, 7) is 0.402. The molecule has 0 aliphatic rings. The quantitative estimate of drug-likeness (QED) is 0.689. The van der Waals surface area contributed by atoms with Crippen molar-refractivity contribution in [1.82, 2.24) is 5.32 Å². The van der Waals surface area contributed by atoms with Gasteiger partial charge in [0.2, 0.25) is 5.91 Å². The first-order chi connectivity index (χ1) is 10.3. The number of halogens is 4. The van der Waals surface area contributed by atoms with Crippen LogP contribution in [0.15, 0.2) is 24.3 Å². The zero-order valence-corrected chi connectivity index (χ0v) is 14.2.